The van der Waals surface area contributed by atoms with Crippen LogP contribution in [0.5, 0.6) is 0 Å². The lowest BCUT2D eigenvalue weighted by molar-refractivity contribution is 0.566. The van der Waals surface area contributed by atoms with Gasteiger partial charge < -0.3 is 9.88 Å². The standard InChI is InChI=1S/C21H22BrN3/c1-25(2)16-9-6-14(7-10-16)13-23-20-5-3-4-17-18-12-15(22)8-11-19(18)24-21(17)20/h6-13,20,24H,3-5H2,1-2H3/b23-13-. The molecule has 128 valence electrons. The molecule has 25 heavy (non-hydrogen) atoms. The van der Waals surface area contributed by atoms with Crippen LogP contribution < -0.4 is 4.90 Å². The Morgan fingerprint density at radius 1 is 1.16 bits per heavy atom. The number of hydrogen-bond acceptors (Lipinski definition) is 2. The zero-order valence-corrected chi connectivity index (χ0v) is 16.2. The minimum absolute atomic E-state index is 0.225. The van der Waals surface area contributed by atoms with E-state index < -0.39 is 0 Å². The van der Waals surface area contributed by atoms with Gasteiger partial charge in [-0.15, -0.1) is 0 Å². The highest BCUT2D eigenvalue weighted by Crippen LogP contribution is 2.37. The number of nitrogens with zero attached hydrogens (tertiary/aromatic N) is 2. The Labute approximate surface area is 156 Å². The lowest BCUT2D eigenvalue weighted by atomic mass is 9.92. The first-order chi connectivity index (χ1) is 12.1. The van der Waals surface area contributed by atoms with Gasteiger partial charge in [-0.1, -0.05) is 28.1 Å². The van der Waals surface area contributed by atoms with Crippen molar-refractivity contribution in [3.8, 4) is 0 Å². The van der Waals surface area contributed by atoms with Gasteiger partial charge in [0, 0.05) is 47.1 Å². The van der Waals surface area contributed by atoms with Gasteiger partial charge in [0.25, 0.3) is 0 Å². The van der Waals surface area contributed by atoms with Gasteiger partial charge in [0.05, 0.1) is 6.04 Å². The summed E-state index contributed by atoms with van der Waals surface area (Å²) in [6, 6.07) is 15.2. The second-order valence-corrected chi connectivity index (χ2v) is 7.79. The fourth-order valence-electron chi connectivity index (χ4n) is 3.59. The second kappa shape index (κ2) is 6.68. The van der Waals surface area contributed by atoms with Crippen LogP contribution in [-0.4, -0.2) is 25.3 Å². The number of aliphatic imine (C=N–C) groups is 1. The predicted molar refractivity (Wildman–Crippen MR) is 110 cm³/mol. The number of aryl methyl sites for hydroxylation is 1. The average molecular weight is 396 g/mol. The second-order valence-electron chi connectivity index (χ2n) is 6.88. The normalized spacial score (nSPS) is 17.2. The maximum atomic E-state index is 4.91. The number of hydrogen-bond donors (Lipinski definition) is 1. The van der Waals surface area contributed by atoms with Crippen molar-refractivity contribution in [2.24, 2.45) is 4.99 Å². The molecule has 1 aliphatic rings. The Balaban J connectivity index is 1.63. The number of H-pyrrole nitrogens is 1. The summed E-state index contributed by atoms with van der Waals surface area (Å²) in [6.45, 7) is 0. The Morgan fingerprint density at radius 2 is 1.96 bits per heavy atom. The molecule has 1 heterocycles. The number of fused-ring (bicyclic) bond motifs is 3. The minimum Gasteiger partial charge on any atom is -0.378 e. The van der Waals surface area contributed by atoms with Crippen molar-refractivity contribution in [3.05, 3.63) is 63.8 Å². The number of aromatic amines is 1. The van der Waals surface area contributed by atoms with Gasteiger partial charge >= 0.3 is 0 Å². The van der Waals surface area contributed by atoms with E-state index in [9.17, 15) is 0 Å². The number of benzene rings is 2. The molecule has 0 saturated carbocycles. The molecule has 0 fully saturated rings. The van der Waals surface area contributed by atoms with Crippen LogP contribution in [0.2, 0.25) is 0 Å². The Hall–Kier alpha value is -2.07. The summed E-state index contributed by atoms with van der Waals surface area (Å²) in [6.07, 6.45) is 5.44. The fourth-order valence-corrected chi connectivity index (χ4v) is 3.96. The first kappa shape index (κ1) is 16.4. The molecule has 0 aliphatic heterocycles. The van der Waals surface area contributed by atoms with E-state index in [1.54, 1.807) is 0 Å². The monoisotopic (exact) mass is 395 g/mol. The molecule has 1 unspecified atom stereocenters. The van der Waals surface area contributed by atoms with Gasteiger partial charge in [-0.3, -0.25) is 4.99 Å². The fraction of sp³-hybridized carbons (Fsp3) is 0.286. The van der Waals surface area contributed by atoms with Gasteiger partial charge in [0.1, 0.15) is 0 Å². The van der Waals surface area contributed by atoms with E-state index in [1.165, 1.54) is 34.3 Å². The van der Waals surface area contributed by atoms with Crippen LogP contribution in [0.15, 0.2) is 51.9 Å². The summed E-state index contributed by atoms with van der Waals surface area (Å²) in [5.41, 5.74) is 6.30. The lowest BCUT2D eigenvalue weighted by Gasteiger charge is -2.19. The third-order valence-corrected chi connectivity index (χ3v) is 5.45. The van der Waals surface area contributed by atoms with Crippen molar-refractivity contribution in [1.29, 1.82) is 0 Å². The molecular weight excluding hydrogens is 374 g/mol. The van der Waals surface area contributed by atoms with Gasteiger partial charge in [0.15, 0.2) is 0 Å². The van der Waals surface area contributed by atoms with Crippen LogP contribution in [-0.2, 0) is 6.42 Å². The van der Waals surface area contributed by atoms with Crippen LogP contribution in [0.1, 0.15) is 35.7 Å². The highest BCUT2D eigenvalue weighted by Gasteiger charge is 2.23. The molecule has 1 aliphatic carbocycles. The molecule has 0 saturated heterocycles. The van der Waals surface area contributed by atoms with Crippen LogP contribution in [0.4, 0.5) is 5.69 Å². The third-order valence-electron chi connectivity index (χ3n) is 4.95. The van der Waals surface area contributed by atoms with Gasteiger partial charge in [-0.2, -0.15) is 0 Å². The van der Waals surface area contributed by atoms with Crippen LogP contribution in [0.25, 0.3) is 10.9 Å². The van der Waals surface area contributed by atoms with E-state index >= 15 is 0 Å². The predicted octanol–water partition coefficient (Wildman–Crippen LogP) is 5.49. The third kappa shape index (κ3) is 3.23. The van der Waals surface area contributed by atoms with E-state index in [2.05, 4.69) is 82.4 Å². The Morgan fingerprint density at radius 3 is 2.72 bits per heavy atom. The molecule has 0 amide bonds. The molecule has 0 radical (unpaired) electrons. The van der Waals surface area contributed by atoms with Crippen molar-refractivity contribution in [3.63, 3.8) is 0 Å². The quantitative estimate of drug-likeness (QED) is 0.583. The van der Waals surface area contributed by atoms with Crippen LogP contribution in [0, 0.1) is 0 Å². The number of halogens is 1. The zero-order valence-electron chi connectivity index (χ0n) is 14.6. The van der Waals surface area contributed by atoms with Gasteiger partial charge in [-0.25, -0.2) is 0 Å². The molecule has 0 spiro atoms. The van der Waals surface area contributed by atoms with Gasteiger partial charge in [-0.05, 0) is 60.7 Å². The molecule has 1 N–H and O–H groups in total. The number of rotatable bonds is 3. The largest absolute Gasteiger partial charge is 0.378 e. The summed E-state index contributed by atoms with van der Waals surface area (Å²) in [5, 5.41) is 1.33. The highest BCUT2D eigenvalue weighted by molar-refractivity contribution is 9.10. The van der Waals surface area contributed by atoms with Crippen molar-refractivity contribution < 1.29 is 0 Å². The lowest BCUT2D eigenvalue weighted by Crippen LogP contribution is -2.08. The molecule has 3 nitrogen and oxygen atoms in total. The Bertz CT molecular complexity index is 922. The summed E-state index contributed by atoms with van der Waals surface area (Å²) in [5.74, 6) is 0. The highest BCUT2D eigenvalue weighted by atomic mass is 79.9. The summed E-state index contributed by atoms with van der Waals surface area (Å²) < 4.78 is 1.13. The maximum absolute atomic E-state index is 4.91. The molecule has 1 aromatic heterocycles. The topological polar surface area (TPSA) is 31.4 Å². The Kier molecular flexibility index (Phi) is 4.38. The SMILES string of the molecule is CN(C)c1ccc(/C=N\C2CCCc3c2[nH]c2ccc(Br)cc32)cc1. The zero-order chi connectivity index (χ0) is 17.4. The average Bonchev–Trinajstić information content (AvgIpc) is 2.99. The smallest absolute Gasteiger partial charge is 0.0900 e. The van der Waals surface area contributed by atoms with E-state index in [0.717, 1.165) is 22.9 Å². The van der Waals surface area contributed by atoms with Gasteiger partial charge in [0.2, 0.25) is 0 Å². The van der Waals surface area contributed by atoms with E-state index in [4.69, 9.17) is 4.99 Å². The molecule has 0 bridgehead atoms. The summed E-state index contributed by atoms with van der Waals surface area (Å²) in [7, 11) is 4.11. The number of anilines is 1. The van der Waals surface area contributed by atoms with Crippen molar-refractivity contribution in [1.82, 2.24) is 4.98 Å². The molecule has 3 aromatic rings. The van der Waals surface area contributed by atoms with Crippen molar-refractivity contribution >= 4 is 38.7 Å². The molecule has 4 rings (SSSR count). The minimum atomic E-state index is 0.225. The molecular formula is C21H22BrN3. The van der Waals surface area contributed by atoms with Crippen LogP contribution >= 0.6 is 15.9 Å². The number of nitrogens with one attached hydrogen (secondary N) is 1. The summed E-state index contributed by atoms with van der Waals surface area (Å²) in [4.78, 5) is 10.6. The maximum Gasteiger partial charge on any atom is 0.0900 e. The molecule has 1 atom stereocenters. The molecule has 2 aromatic carbocycles. The van der Waals surface area contributed by atoms with E-state index in [0.29, 0.717) is 0 Å². The van der Waals surface area contributed by atoms with Crippen molar-refractivity contribution in [2.45, 2.75) is 25.3 Å². The first-order valence-electron chi connectivity index (χ1n) is 8.72. The van der Waals surface area contributed by atoms with E-state index in [-0.39, 0.29) is 6.04 Å². The first-order valence-corrected chi connectivity index (χ1v) is 9.51. The molecule has 4 heteroatoms. The van der Waals surface area contributed by atoms with Crippen LogP contribution in [0.3, 0.4) is 0 Å². The number of aromatic nitrogens is 1. The summed E-state index contributed by atoms with van der Waals surface area (Å²) >= 11 is 3.59. The van der Waals surface area contributed by atoms with Crippen molar-refractivity contribution in [2.75, 3.05) is 19.0 Å². The van der Waals surface area contributed by atoms with E-state index in [1.807, 2.05) is 6.21 Å².